The number of thioether (sulfide) groups is 1. The Morgan fingerprint density at radius 2 is 2.00 bits per heavy atom. The van der Waals surface area contributed by atoms with Gasteiger partial charge in [0.2, 0.25) is 5.13 Å². The van der Waals surface area contributed by atoms with E-state index in [9.17, 15) is 13.2 Å². The molecule has 1 aliphatic heterocycles. The van der Waals surface area contributed by atoms with Gasteiger partial charge in [0.25, 0.3) is 15.9 Å². The number of carbonyl (C=O) groups is 1. The molecule has 2 aromatic rings. The first kappa shape index (κ1) is 20.9. The Bertz CT molecular complexity index is 953. The first-order chi connectivity index (χ1) is 13.3. The molecule has 0 saturated carbocycles. The molecule has 3 rings (SSSR count). The number of amides is 1. The van der Waals surface area contributed by atoms with Crippen LogP contribution in [-0.2, 0) is 10.0 Å². The summed E-state index contributed by atoms with van der Waals surface area (Å²) in [5, 5.41) is 8.38. The maximum atomic E-state index is 12.8. The Morgan fingerprint density at radius 1 is 1.29 bits per heavy atom. The molecule has 11 heteroatoms. The molecular formula is C17H22N4O4S3. The molecule has 0 spiro atoms. The number of likely N-dealkylation sites (tertiary alicyclic amines) is 1. The van der Waals surface area contributed by atoms with Crippen LogP contribution in [0.4, 0.5) is 5.13 Å². The third-order valence-electron chi connectivity index (χ3n) is 4.07. The topological polar surface area (TPSA) is 101 Å². The molecule has 1 N–H and O–H groups in total. The standard InChI is InChI=1S/C17H22N4O4S3/c1-11(2)26-17-19-18-16(27-17)20-28(23,24)12-6-7-14(25-3)13(10-12)15(22)21-8-4-5-9-21/h6-7,10-11H,4-5,8-9H2,1-3H3,(H,18,20). The van der Waals surface area contributed by atoms with Gasteiger partial charge >= 0.3 is 0 Å². The van der Waals surface area contributed by atoms with E-state index in [1.165, 1.54) is 48.4 Å². The third-order valence-corrected chi connectivity index (χ3v) is 7.46. The number of rotatable bonds is 7. The smallest absolute Gasteiger partial charge is 0.263 e. The average molecular weight is 443 g/mol. The van der Waals surface area contributed by atoms with E-state index in [0.29, 0.717) is 28.4 Å². The summed E-state index contributed by atoms with van der Waals surface area (Å²) in [6, 6.07) is 4.26. The van der Waals surface area contributed by atoms with E-state index in [0.717, 1.165) is 12.8 Å². The largest absolute Gasteiger partial charge is 0.496 e. The second-order valence-corrected chi connectivity index (χ2v) is 11.0. The molecule has 1 aromatic carbocycles. The van der Waals surface area contributed by atoms with Crippen LogP contribution < -0.4 is 9.46 Å². The summed E-state index contributed by atoms with van der Waals surface area (Å²) in [5.74, 6) is 0.125. The quantitative estimate of drug-likeness (QED) is 0.658. The number of aromatic nitrogens is 2. The number of ether oxygens (including phenoxy) is 1. The van der Waals surface area contributed by atoms with Gasteiger partial charge < -0.3 is 9.64 Å². The van der Waals surface area contributed by atoms with E-state index in [1.54, 1.807) is 4.90 Å². The maximum absolute atomic E-state index is 12.8. The Labute approximate surface area is 172 Å². The van der Waals surface area contributed by atoms with Crippen molar-refractivity contribution in [3.8, 4) is 5.75 Å². The van der Waals surface area contributed by atoms with Crippen molar-refractivity contribution < 1.29 is 17.9 Å². The van der Waals surface area contributed by atoms with E-state index in [1.807, 2.05) is 13.8 Å². The lowest BCUT2D eigenvalue weighted by Gasteiger charge is -2.18. The lowest BCUT2D eigenvalue weighted by Crippen LogP contribution is -2.28. The number of nitrogens with zero attached hydrogens (tertiary/aromatic N) is 3. The highest BCUT2D eigenvalue weighted by Crippen LogP contribution is 2.31. The number of benzene rings is 1. The minimum Gasteiger partial charge on any atom is -0.496 e. The number of anilines is 1. The van der Waals surface area contributed by atoms with Crippen LogP contribution in [0.2, 0.25) is 0 Å². The van der Waals surface area contributed by atoms with Crippen LogP contribution in [0.25, 0.3) is 0 Å². The number of methoxy groups -OCH3 is 1. The van der Waals surface area contributed by atoms with E-state index in [4.69, 9.17) is 4.74 Å². The molecule has 28 heavy (non-hydrogen) atoms. The van der Waals surface area contributed by atoms with Gasteiger partial charge in [-0.25, -0.2) is 8.42 Å². The fraction of sp³-hybridized carbons (Fsp3) is 0.471. The van der Waals surface area contributed by atoms with Gasteiger partial charge in [0.05, 0.1) is 17.6 Å². The van der Waals surface area contributed by atoms with Gasteiger partial charge in [-0.05, 0) is 31.0 Å². The molecule has 152 valence electrons. The SMILES string of the molecule is COc1ccc(S(=O)(=O)Nc2nnc(SC(C)C)s2)cc1C(=O)N1CCCC1. The van der Waals surface area contributed by atoms with Crippen LogP contribution in [0.1, 0.15) is 37.0 Å². The van der Waals surface area contributed by atoms with Crippen LogP contribution in [0, 0.1) is 0 Å². The van der Waals surface area contributed by atoms with Crippen LogP contribution in [-0.4, -0.2) is 54.9 Å². The zero-order valence-corrected chi connectivity index (χ0v) is 18.3. The lowest BCUT2D eigenvalue weighted by atomic mass is 10.1. The first-order valence-electron chi connectivity index (χ1n) is 8.80. The summed E-state index contributed by atoms with van der Waals surface area (Å²) in [7, 11) is -2.45. The van der Waals surface area contributed by atoms with Gasteiger partial charge in [-0.3, -0.25) is 9.52 Å². The highest BCUT2D eigenvalue weighted by Gasteiger charge is 2.25. The van der Waals surface area contributed by atoms with Gasteiger partial charge in [0, 0.05) is 18.3 Å². The predicted octanol–water partition coefficient (Wildman–Crippen LogP) is 3.08. The molecule has 0 unspecified atom stereocenters. The van der Waals surface area contributed by atoms with Crippen molar-refractivity contribution in [1.29, 1.82) is 0 Å². The van der Waals surface area contributed by atoms with Crippen LogP contribution >= 0.6 is 23.1 Å². The molecule has 0 aliphatic carbocycles. The summed E-state index contributed by atoms with van der Waals surface area (Å²) in [4.78, 5) is 14.5. The summed E-state index contributed by atoms with van der Waals surface area (Å²) in [6.45, 7) is 5.37. The van der Waals surface area contributed by atoms with Crippen LogP contribution in [0.5, 0.6) is 5.75 Å². The fourth-order valence-corrected chi connectivity index (χ4v) is 6.02. The molecule has 0 bridgehead atoms. The monoisotopic (exact) mass is 442 g/mol. The highest BCUT2D eigenvalue weighted by molar-refractivity contribution is 8.01. The van der Waals surface area contributed by atoms with Gasteiger partial charge in [0.1, 0.15) is 5.75 Å². The second-order valence-electron chi connectivity index (χ2n) is 6.51. The Hall–Kier alpha value is -1.85. The minimum atomic E-state index is -3.91. The van der Waals surface area contributed by atoms with Crippen molar-refractivity contribution in [3.05, 3.63) is 23.8 Å². The molecule has 1 amide bonds. The normalized spacial score (nSPS) is 14.5. The van der Waals surface area contributed by atoms with Gasteiger partial charge in [-0.1, -0.05) is 36.9 Å². The molecule has 1 aliphatic rings. The molecule has 0 radical (unpaired) electrons. The molecule has 8 nitrogen and oxygen atoms in total. The van der Waals surface area contributed by atoms with E-state index in [-0.39, 0.29) is 21.5 Å². The van der Waals surface area contributed by atoms with Crippen molar-refractivity contribution >= 4 is 44.2 Å². The van der Waals surface area contributed by atoms with E-state index >= 15 is 0 Å². The third kappa shape index (κ3) is 4.76. The zero-order chi connectivity index (χ0) is 20.3. The van der Waals surface area contributed by atoms with Crippen LogP contribution in [0.3, 0.4) is 0 Å². The number of carbonyl (C=O) groups excluding carboxylic acids is 1. The minimum absolute atomic E-state index is 0.0240. The van der Waals surface area contributed by atoms with Crippen molar-refractivity contribution in [2.24, 2.45) is 0 Å². The predicted molar refractivity (Wildman–Crippen MR) is 110 cm³/mol. The number of sulfonamides is 1. The summed E-state index contributed by atoms with van der Waals surface area (Å²) < 4.78 is 34.0. The van der Waals surface area contributed by atoms with Crippen LogP contribution in [0.15, 0.2) is 27.4 Å². The molecule has 2 heterocycles. The summed E-state index contributed by atoms with van der Waals surface area (Å²) >= 11 is 2.68. The summed E-state index contributed by atoms with van der Waals surface area (Å²) in [6.07, 6.45) is 1.89. The number of hydrogen-bond acceptors (Lipinski definition) is 8. The number of nitrogens with one attached hydrogen (secondary N) is 1. The fourth-order valence-electron chi connectivity index (χ4n) is 2.79. The second kappa shape index (κ2) is 8.66. The van der Waals surface area contributed by atoms with Crippen molar-refractivity contribution in [2.45, 2.75) is 41.2 Å². The van der Waals surface area contributed by atoms with Gasteiger partial charge in [-0.2, -0.15) is 0 Å². The van der Waals surface area contributed by atoms with E-state index in [2.05, 4.69) is 14.9 Å². The zero-order valence-electron chi connectivity index (χ0n) is 15.8. The maximum Gasteiger partial charge on any atom is 0.263 e. The lowest BCUT2D eigenvalue weighted by molar-refractivity contribution is 0.0789. The molecule has 1 fully saturated rings. The molecule has 1 aromatic heterocycles. The molecular weight excluding hydrogens is 420 g/mol. The van der Waals surface area contributed by atoms with Crippen molar-refractivity contribution in [3.63, 3.8) is 0 Å². The van der Waals surface area contributed by atoms with Crippen molar-refractivity contribution in [2.75, 3.05) is 24.9 Å². The average Bonchev–Trinajstić information content (AvgIpc) is 3.32. The van der Waals surface area contributed by atoms with Gasteiger partial charge in [-0.15, -0.1) is 10.2 Å². The van der Waals surface area contributed by atoms with Crippen molar-refractivity contribution in [1.82, 2.24) is 15.1 Å². The Balaban J connectivity index is 1.86. The van der Waals surface area contributed by atoms with Gasteiger partial charge in [0.15, 0.2) is 4.34 Å². The Kier molecular flexibility index (Phi) is 6.46. The summed E-state index contributed by atoms with van der Waals surface area (Å²) in [5.41, 5.74) is 0.237. The molecule has 0 atom stereocenters. The highest BCUT2D eigenvalue weighted by atomic mass is 32.2. The Morgan fingerprint density at radius 3 is 2.64 bits per heavy atom. The van der Waals surface area contributed by atoms with E-state index < -0.39 is 10.0 Å². The molecule has 1 saturated heterocycles. The number of hydrogen-bond donors (Lipinski definition) is 1. The first-order valence-corrected chi connectivity index (χ1v) is 12.0.